The number of halogens is 1. The van der Waals surface area contributed by atoms with Crippen LogP contribution in [0.3, 0.4) is 0 Å². The first kappa shape index (κ1) is 22.1. The van der Waals surface area contributed by atoms with Gasteiger partial charge in [0.2, 0.25) is 0 Å². The van der Waals surface area contributed by atoms with Crippen molar-refractivity contribution in [1.29, 1.82) is 0 Å². The van der Waals surface area contributed by atoms with Crippen molar-refractivity contribution in [1.82, 2.24) is 25.1 Å². The van der Waals surface area contributed by atoms with Gasteiger partial charge < -0.3 is 25.2 Å². The summed E-state index contributed by atoms with van der Waals surface area (Å²) in [5.41, 5.74) is 2.31. The molecule has 3 N–H and O–H groups in total. The van der Waals surface area contributed by atoms with Crippen molar-refractivity contribution in [2.75, 3.05) is 48.8 Å². The highest BCUT2D eigenvalue weighted by Crippen LogP contribution is 2.35. The number of likely N-dealkylation sites (N-methyl/N-ethyl adjacent to an activating group) is 1. The summed E-state index contributed by atoms with van der Waals surface area (Å²) in [5, 5.41) is 13.7. The van der Waals surface area contributed by atoms with E-state index in [1.807, 2.05) is 44.2 Å². The van der Waals surface area contributed by atoms with Gasteiger partial charge in [-0.1, -0.05) is 6.08 Å². The van der Waals surface area contributed by atoms with Gasteiger partial charge in [0.05, 0.1) is 5.69 Å². The molecule has 10 heteroatoms. The van der Waals surface area contributed by atoms with Gasteiger partial charge in [-0.15, -0.1) is 0 Å². The predicted molar refractivity (Wildman–Crippen MR) is 132 cm³/mol. The fourth-order valence-electron chi connectivity index (χ4n) is 4.25. The van der Waals surface area contributed by atoms with E-state index in [4.69, 9.17) is 4.74 Å². The number of ether oxygens (including phenoxy) is 1. The molecule has 0 bridgehead atoms. The molecule has 1 fully saturated rings. The molecular weight excluding hydrogens is 435 g/mol. The summed E-state index contributed by atoms with van der Waals surface area (Å²) in [6.45, 7) is 7.49. The number of fused-ring (bicyclic) bond motifs is 1. The average Bonchev–Trinajstić information content (AvgIpc) is 3.42. The van der Waals surface area contributed by atoms with Gasteiger partial charge in [0.25, 0.3) is 0 Å². The average molecular weight is 465 g/mol. The van der Waals surface area contributed by atoms with Gasteiger partial charge in [-0.05, 0) is 45.5 Å². The number of nitrogens with one attached hydrogen (secondary N) is 3. The van der Waals surface area contributed by atoms with Crippen molar-refractivity contribution in [3.8, 4) is 11.8 Å². The smallest absolute Gasteiger partial charge is 0.326 e. The topological polar surface area (TPSA) is 94.2 Å². The molecule has 1 aromatic carbocycles. The van der Waals surface area contributed by atoms with Crippen LogP contribution < -0.4 is 20.3 Å². The van der Waals surface area contributed by atoms with Crippen LogP contribution >= 0.6 is 0 Å². The molecule has 0 amide bonds. The zero-order valence-electron chi connectivity index (χ0n) is 19.6. The predicted octanol–water partition coefficient (Wildman–Crippen LogP) is 4.02. The highest BCUT2D eigenvalue weighted by Gasteiger charge is 2.24. The molecule has 2 aromatic heterocycles. The lowest BCUT2D eigenvalue weighted by Gasteiger charge is -2.33. The zero-order chi connectivity index (χ0) is 23.7. The molecule has 9 nitrogen and oxygen atoms in total. The third-order valence-corrected chi connectivity index (χ3v) is 6.04. The lowest BCUT2D eigenvalue weighted by atomic mass is 10.1. The molecule has 0 radical (unpaired) electrons. The number of rotatable bonds is 6. The molecule has 0 aliphatic carbocycles. The van der Waals surface area contributed by atoms with Crippen molar-refractivity contribution < 1.29 is 9.13 Å². The second kappa shape index (κ2) is 9.30. The molecule has 4 heterocycles. The summed E-state index contributed by atoms with van der Waals surface area (Å²) in [6.07, 6.45) is 4.47. The van der Waals surface area contributed by atoms with Crippen molar-refractivity contribution in [3.05, 3.63) is 47.4 Å². The number of hydrogen-bond acceptors (Lipinski definition) is 8. The number of hydrogen-bond donors (Lipinski definition) is 3. The highest BCUT2D eigenvalue weighted by molar-refractivity contribution is 5.62. The summed E-state index contributed by atoms with van der Waals surface area (Å²) in [5.74, 6) is 1.61. The Balaban J connectivity index is 1.45. The van der Waals surface area contributed by atoms with E-state index in [9.17, 15) is 0 Å². The second-order valence-electron chi connectivity index (χ2n) is 8.77. The van der Waals surface area contributed by atoms with Crippen LogP contribution in [-0.4, -0.2) is 64.3 Å². The number of benzene rings is 1. The van der Waals surface area contributed by atoms with Gasteiger partial charge in [0.15, 0.2) is 17.4 Å². The number of nitrogens with zero attached hydrogens (tertiary/aromatic N) is 5. The molecule has 5 rings (SSSR count). The quantitative estimate of drug-likeness (QED) is 0.504. The van der Waals surface area contributed by atoms with Crippen LogP contribution in [0.1, 0.15) is 25.1 Å². The summed E-state index contributed by atoms with van der Waals surface area (Å²) in [7, 11) is 2.10. The van der Waals surface area contributed by atoms with Crippen LogP contribution in [-0.2, 0) is 6.42 Å². The van der Waals surface area contributed by atoms with Crippen LogP contribution in [0.25, 0.3) is 6.08 Å². The van der Waals surface area contributed by atoms with E-state index in [2.05, 4.69) is 47.6 Å². The van der Waals surface area contributed by atoms with E-state index in [1.54, 1.807) is 6.07 Å². The number of aromatic amines is 1. The maximum absolute atomic E-state index is 15.2. The summed E-state index contributed by atoms with van der Waals surface area (Å²) >= 11 is 0. The Bertz CT molecular complexity index is 1200. The van der Waals surface area contributed by atoms with E-state index >= 15 is 4.39 Å². The lowest BCUT2D eigenvalue weighted by molar-refractivity contribution is 0.311. The number of piperazine rings is 1. The third-order valence-electron chi connectivity index (χ3n) is 6.04. The van der Waals surface area contributed by atoms with Crippen LogP contribution in [0.5, 0.6) is 11.8 Å². The van der Waals surface area contributed by atoms with Gasteiger partial charge in [-0.2, -0.15) is 15.1 Å². The molecule has 2 aliphatic rings. The zero-order valence-corrected chi connectivity index (χ0v) is 19.6. The van der Waals surface area contributed by atoms with Crippen LogP contribution in [0.4, 0.5) is 27.5 Å². The second-order valence-corrected chi connectivity index (χ2v) is 8.77. The monoisotopic (exact) mass is 464 g/mol. The number of aromatic nitrogens is 4. The van der Waals surface area contributed by atoms with Gasteiger partial charge in [0, 0.05) is 55.6 Å². The minimum Gasteiger partial charge on any atom is -0.421 e. The van der Waals surface area contributed by atoms with Crippen LogP contribution in [0, 0.1) is 5.82 Å². The van der Waals surface area contributed by atoms with Gasteiger partial charge in [0.1, 0.15) is 11.6 Å². The van der Waals surface area contributed by atoms with E-state index < -0.39 is 0 Å². The van der Waals surface area contributed by atoms with Gasteiger partial charge in [-0.25, -0.2) is 4.39 Å². The molecule has 0 saturated carbocycles. The van der Waals surface area contributed by atoms with E-state index in [0.717, 1.165) is 43.4 Å². The Hall–Kier alpha value is -3.66. The maximum Gasteiger partial charge on any atom is 0.326 e. The molecule has 3 aromatic rings. The Morgan fingerprint density at radius 3 is 2.76 bits per heavy atom. The molecule has 178 valence electrons. The molecule has 1 atom stereocenters. The number of H-pyrrole nitrogens is 1. The SMILES string of the molecule is C/C=C/c1cc(Nc2cc(N3CCN(C)CC3)nc(Oc3ccc4c(c3F)CC(C)N4)n2)n[nH]1. The molecule has 2 aliphatic heterocycles. The van der Waals surface area contributed by atoms with E-state index in [0.29, 0.717) is 23.6 Å². The molecule has 0 spiro atoms. The summed E-state index contributed by atoms with van der Waals surface area (Å²) in [4.78, 5) is 13.6. The minimum atomic E-state index is -0.374. The Labute approximate surface area is 198 Å². The van der Waals surface area contributed by atoms with Gasteiger partial charge >= 0.3 is 6.01 Å². The molecule has 1 saturated heterocycles. The Kier molecular flexibility index (Phi) is 6.06. The van der Waals surface area contributed by atoms with Crippen LogP contribution in [0.15, 0.2) is 30.3 Å². The van der Waals surface area contributed by atoms with Crippen molar-refractivity contribution in [2.45, 2.75) is 26.3 Å². The molecular formula is C24H29FN8O. The third kappa shape index (κ3) is 4.67. The first-order valence-electron chi connectivity index (χ1n) is 11.5. The maximum atomic E-state index is 15.2. The highest BCUT2D eigenvalue weighted by atomic mass is 19.1. The van der Waals surface area contributed by atoms with Gasteiger partial charge in [-0.3, -0.25) is 5.10 Å². The lowest BCUT2D eigenvalue weighted by Crippen LogP contribution is -2.44. The Morgan fingerprint density at radius 2 is 1.97 bits per heavy atom. The fraction of sp³-hybridized carbons (Fsp3) is 0.375. The fourth-order valence-corrected chi connectivity index (χ4v) is 4.25. The normalized spacial score (nSPS) is 18.2. The summed E-state index contributed by atoms with van der Waals surface area (Å²) < 4.78 is 21.1. The molecule has 34 heavy (non-hydrogen) atoms. The molecule has 1 unspecified atom stereocenters. The van der Waals surface area contributed by atoms with Crippen molar-refractivity contribution in [3.63, 3.8) is 0 Å². The summed E-state index contributed by atoms with van der Waals surface area (Å²) in [6, 6.07) is 7.48. The number of anilines is 4. The van der Waals surface area contributed by atoms with E-state index in [1.165, 1.54) is 0 Å². The Morgan fingerprint density at radius 1 is 1.15 bits per heavy atom. The van der Waals surface area contributed by atoms with Crippen LogP contribution in [0.2, 0.25) is 0 Å². The van der Waals surface area contributed by atoms with Crippen molar-refractivity contribution in [2.24, 2.45) is 0 Å². The first-order chi connectivity index (χ1) is 16.5. The minimum absolute atomic E-state index is 0.0843. The van der Waals surface area contributed by atoms with Crippen molar-refractivity contribution >= 4 is 29.2 Å². The largest absolute Gasteiger partial charge is 0.421 e. The number of allylic oxidation sites excluding steroid dienone is 1. The van der Waals surface area contributed by atoms with E-state index in [-0.39, 0.29) is 23.6 Å². The standard InChI is InChI=1S/C24H29FN8O/c1-4-5-16-13-21(31-30-16)27-20-14-22(33-10-8-32(3)9-11-33)29-24(28-20)34-19-7-6-18-17(23(19)25)12-15(2)26-18/h4-7,13-15,26H,8-12H2,1-3H3,(H2,27,28,29,30,31)/b5-4+. The first-order valence-corrected chi connectivity index (χ1v) is 11.5.